The molecule has 0 aliphatic heterocycles. The lowest BCUT2D eigenvalue weighted by Crippen LogP contribution is -2.00. The van der Waals surface area contributed by atoms with Crippen LogP contribution in [0.4, 0.5) is 0 Å². The van der Waals surface area contributed by atoms with Crippen molar-refractivity contribution in [2.24, 2.45) is 0 Å². The van der Waals surface area contributed by atoms with E-state index in [1.807, 2.05) is 18.2 Å². The minimum atomic E-state index is 0.639. The molecule has 98 valence electrons. The second-order valence-corrected chi connectivity index (χ2v) is 4.98. The van der Waals surface area contributed by atoms with E-state index in [1.165, 1.54) is 5.57 Å². The summed E-state index contributed by atoms with van der Waals surface area (Å²) in [5, 5.41) is 8.10. The van der Waals surface area contributed by atoms with Crippen LogP contribution in [0.15, 0.2) is 71.4 Å². The largest absolute Gasteiger partial charge is 0.301 e. The predicted octanol–water partition coefficient (Wildman–Crippen LogP) is 5.06. The van der Waals surface area contributed by atoms with E-state index in [0.29, 0.717) is 5.71 Å². The molecular weight excluding hydrogens is 230 g/mol. The van der Waals surface area contributed by atoms with Gasteiger partial charge in [0.2, 0.25) is 0 Å². The highest BCUT2D eigenvalue weighted by molar-refractivity contribution is 6.07. The highest BCUT2D eigenvalue weighted by atomic mass is 14.4. The third-order valence-electron chi connectivity index (χ3n) is 3.29. The Balaban J connectivity index is 1.98. The highest BCUT2D eigenvalue weighted by Gasteiger charge is 2.03. The van der Waals surface area contributed by atoms with Crippen LogP contribution < -0.4 is 0 Å². The van der Waals surface area contributed by atoms with Crippen molar-refractivity contribution < 1.29 is 0 Å². The molecule has 0 aromatic rings. The number of allylic oxidation sites excluding steroid dienone is 12. The van der Waals surface area contributed by atoms with Gasteiger partial charge in [0.15, 0.2) is 0 Å². The van der Waals surface area contributed by atoms with Gasteiger partial charge in [-0.05, 0) is 55.4 Å². The molecule has 0 saturated heterocycles. The Bertz CT molecular complexity index is 522. The molecule has 0 amide bonds. The lowest BCUT2D eigenvalue weighted by atomic mass is 9.99. The van der Waals surface area contributed by atoms with Gasteiger partial charge >= 0.3 is 0 Å². The molecule has 0 radical (unpaired) electrons. The zero-order valence-corrected chi connectivity index (χ0v) is 11.5. The average Bonchev–Trinajstić information content (AvgIpc) is 2.47. The van der Waals surface area contributed by atoms with E-state index in [2.05, 4.69) is 43.4 Å². The van der Waals surface area contributed by atoms with Crippen molar-refractivity contribution in [2.45, 2.75) is 32.6 Å². The molecule has 0 spiro atoms. The lowest BCUT2D eigenvalue weighted by Gasteiger charge is -2.07. The maximum Gasteiger partial charge on any atom is 0.0574 e. The van der Waals surface area contributed by atoms with Crippen molar-refractivity contribution in [3.8, 4) is 0 Å². The SMILES string of the molecule is CC(=C/C(=N)C1=CC=CCC1)/C=C/C1=CCCC=C1. The van der Waals surface area contributed by atoms with Gasteiger partial charge in [-0.3, -0.25) is 0 Å². The lowest BCUT2D eigenvalue weighted by molar-refractivity contribution is 1.00. The van der Waals surface area contributed by atoms with Crippen molar-refractivity contribution in [2.75, 3.05) is 0 Å². The van der Waals surface area contributed by atoms with Crippen molar-refractivity contribution >= 4 is 5.71 Å². The van der Waals surface area contributed by atoms with E-state index in [1.54, 1.807) is 0 Å². The third-order valence-corrected chi connectivity index (χ3v) is 3.29. The molecule has 2 aliphatic carbocycles. The van der Waals surface area contributed by atoms with Gasteiger partial charge in [0.25, 0.3) is 0 Å². The summed E-state index contributed by atoms with van der Waals surface area (Å²) in [6, 6.07) is 0. The van der Waals surface area contributed by atoms with Crippen LogP contribution in [0, 0.1) is 5.41 Å². The third kappa shape index (κ3) is 4.36. The molecule has 0 aromatic carbocycles. The number of rotatable bonds is 4. The van der Waals surface area contributed by atoms with Gasteiger partial charge in [0, 0.05) is 0 Å². The van der Waals surface area contributed by atoms with Gasteiger partial charge < -0.3 is 5.41 Å². The van der Waals surface area contributed by atoms with Gasteiger partial charge in [0.05, 0.1) is 5.71 Å². The first kappa shape index (κ1) is 13.5. The minimum Gasteiger partial charge on any atom is -0.301 e. The van der Waals surface area contributed by atoms with Crippen LogP contribution in [0.5, 0.6) is 0 Å². The van der Waals surface area contributed by atoms with Crippen LogP contribution in [0.25, 0.3) is 0 Å². The Labute approximate surface area is 115 Å². The molecule has 0 atom stereocenters. The summed E-state index contributed by atoms with van der Waals surface area (Å²) in [5.41, 5.74) is 4.16. The van der Waals surface area contributed by atoms with E-state index < -0.39 is 0 Å². The zero-order chi connectivity index (χ0) is 13.5. The first-order chi connectivity index (χ1) is 9.25. The van der Waals surface area contributed by atoms with Crippen LogP contribution in [-0.2, 0) is 0 Å². The van der Waals surface area contributed by atoms with E-state index in [-0.39, 0.29) is 0 Å². The van der Waals surface area contributed by atoms with Crippen molar-refractivity contribution in [1.29, 1.82) is 5.41 Å². The van der Waals surface area contributed by atoms with Crippen LogP contribution in [-0.4, -0.2) is 5.71 Å². The maximum absolute atomic E-state index is 8.10. The van der Waals surface area contributed by atoms with Crippen molar-refractivity contribution in [3.05, 3.63) is 71.4 Å². The summed E-state index contributed by atoms with van der Waals surface area (Å²) in [7, 11) is 0. The Morgan fingerprint density at radius 3 is 2.79 bits per heavy atom. The van der Waals surface area contributed by atoms with Crippen LogP contribution >= 0.6 is 0 Å². The molecule has 1 nitrogen and oxygen atoms in total. The van der Waals surface area contributed by atoms with Crippen molar-refractivity contribution in [3.63, 3.8) is 0 Å². The molecule has 2 rings (SSSR count). The van der Waals surface area contributed by atoms with E-state index >= 15 is 0 Å². The second-order valence-electron chi connectivity index (χ2n) is 4.98. The normalized spacial score (nSPS) is 19.5. The molecule has 0 fully saturated rings. The van der Waals surface area contributed by atoms with Gasteiger partial charge in [-0.1, -0.05) is 48.6 Å². The summed E-state index contributed by atoms with van der Waals surface area (Å²) >= 11 is 0. The zero-order valence-electron chi connectivity index (χ0n) is 11.5. The molecular formula is C18H21N. The van der Waals surface area contributed by atoms with Gasteiger partial charge in [0.1, 0.15) is 0 Å². The van der Waals surface area contributed by atoms with Gasteiger partial charge in [-0.25, -0.2) is 0 Å². The molecule has 0 unspecified atom stereocenters. The Morgan fingerprint density at radius 2 is 2.11 bits per heavy atom. The highest BCUT2D eigenvalue weighted by Crippen LogP contribution is 2.15. The Hall–Kier alpha value is -1.89. The van der Waals surface area contributed by atoms with Crippen LogP contribution in [0.1, 0.15) is 32.6 Å². The van der Waals surface area contributed by atoms with E-state index in [0.717, 1.165) is 36.8 Å². The monoisotopic (exact) mass is 251 g/mol. The number of hydrogen-bond acceptors (Lipinski definition) is 1. The first-order valence-corrected chi connectivity index (χ1v) is 6.93. The fourth-order valence-electron chi connectivity index (χ4n) is 2.18. The summed E-state index contributed by atoms with van der Waals surface area (Å²) in [6.45, 7) is 2.05. The molecule has 0 saturated carbocycles. The second kappa shape index (κ2) is 6.89. The Morgan fingerprint density at radius 1 is 1.21 bits per heavy atom. The smallest absolute Gasteiger partial charge is 0.0574 e. The van der Waals surface area contributed by atoms with Gasteiger partial charge in [-0.15, -0.1) is 0 Å². The molecule has 0 aromatic heterocycles. The predicted molar refractivity (Wildman–Crippen MR) is 83.5 cm³/mol. The summed E-state index contributed by atoms with van der Waals surface area (Å²) < 4.78 is 0. The molecule has 1 N–H and O–H groups in total. The molecule has 0 bridgehead atoms. The molecule has 2 aliphatic rings. The number of hydrogen-bond donors (Lipinski definition) is 1. The van der Waals surface area contributed by atoms with Crippen LogP contribution in [0.3, 0.4) is 0 Å². The maximum atomic E-state index is 8.10. The summed E-state index contributed by atoms with van der Waals surface area (Å²) in [4.78, 5) is 0. The summed E-state index contributed by atoms with van der Waals surface area (Å²) in [6.07, 6.45) is 23.4. The minimum absolute atomic E-state index is 0.639. The summed E-state index contributed by atoms with van der Waals surface area (Å²) in [5.74, 6) is 0. The molecule has 1 heteroatoms. The molecule has 19 heavy (non-hydrogen) atoms. The Kier molecular flexibility index (Phi) is 4.91. The fraction of sp³-hybridized carbons (Fsp3) is 0.278. The van der Waals surface area contributed by atoms with Gasteiger partial charge in [-0.2, -0.15) is 0 Å². The van der Waals surface area contributed by atoms with Crippen LogP contribution in [0.2, 0.25) is 0 Å². The standard InChI is InChI=1S/C18H21N/c1-15(12-13-16-8-4-2-5-9-16)14-18(19)17-10-6-3-7-11-17/h3-4,6,8-10,12-14,19H,2,5,7,11H2,1H3/b13-12+,15-14-,19-18?. The number of nitrogens with one attached hydrogen (secondary N) is 1. The van der Waals surface area contributed by atoms with E-state index in [9.17, 15) is 0 Å². The van der Waals surface area contributed by atoms with Crippen molar-refractivity contribution in [1.82, 2.24) is 0 Å². The average molecular weight is 251 g/mol. The van der Waals surface area contributed by atoms with E-state index in [4.69, 9.17) is 5.41 Å². The topological polar surface area (TPSA) is 23.9 Å². The molecule has 0 heterocycles. The quantitative estimate of drug-likeness (QED) is 0.533. The fourth-order valence-corrected chi connectivity index (χ4v) is 2.18. The first-order valence-electron chi connectivity index (χ1n) is 6.93.